The molecule has 0 unspecified atom stereocenters. The summed E-state index contributed by atoms with van der Waals surface area (Å²) in [6, 6.07) is 0. The molecule has 0 fully saturated rings. The molecule has 0 spiro atoms. The molecule has 0 aromatic heterocycles. The van der Waals surface area contributed by atoms with Crippen LogP contribution >= 0.6 is 11.8 Å². The van der Waals surface area contributed by atoms with Crippen molar-refractivity contribution in [2.45, 2.75) is 19.8 Å². The van der Waals surface area contributed by atoms with Gasteiger partial charge in [-0.3, -0.25) is 0 Å². The van der Waals surface area contributed by atoms with Crippen LogP contribution in [0.4, 0.5) is 0 Å². The highest BCUT2D eigenvalue weighted by atomic mass is 35.5. The predicted molar refractivity (Wildman–Crippen MR) is 39.6 cm³/mol. The fourth-order valence-corrected chi connectivity index (χ4v) is 0.621. The summed E-state index contributed by atoms with van der Waals surface area (Å²) in [5.41, 5.74) is 0. The van der Waals surface area contributed by atoms with Crippen molar-refractivity contribution in [1.29, 1.82) is 0 Å². The van der Waals surface area contributed by atoms with Crippen LogP contribution in [0.25, 0.3) is 0 Å². The van der Waals surface area contributed by atoms with Gasteiger partial charge in [0.15, 0.2) is 0 Å². The van der Waals surface area contributed by atoms with E-state index < -0.39 is 0 Å². The predicted octanol–water partition coefficient (Wildman–Crippen LogP) is 1.55. The van der Waals surface area contributed by atoms with E-state index in [2.05, 4.69) is 11.8 Å². The maximum absolute atomic E-state index is 5.21. The van der Waals surface area contributed by atoms with Crippen LogP contribution in [0.2, 0.25) is 0 Å². The second kappa shape index (κ2) is 8.21. The van der Waals surface area contributed by atoms with E-state index in [-0.39, 0.29) is 0 Å². The summed E-state index contributed by atoms with van der Waals surface area (Å²) in [7, 11) is 0. The van der Waals surface area contributed by atoms with Crippen molar-refractivity contribution >= 4 is 11.8 Å². The molecule has 0 amide bonds. The molecule has 0 aliphatic rings. The SMILES string of the molecule is CCCOCCCNCl. The Labute approximate surface area is 61.6 Å². The van der Waals surface area contributed by atoms with Gasteiger partial charge in [-0.1, -0.05) is 6.92 Å². The lowest BCUT2D eigenvalue weighted by molar-refractivity contribution is 0.133. The van der Waals surface area contributed by atoms with Crippen molar-refractivity contribution in [2.75, 3.05) is 19.8 Å². The third-order valence-electron chi connectivity index (χ3n) is 0.908. The zero-order chi connectivity index (χ0) is 6.95. The average Bonchev–Trinajstić information content (AvgIpc) is 1.89. The van der Waals surface area contributed by atoms with Gasteiger partial charge in [0.05, 0.1) is 0 Å². The molecule has 2 nitrogen and oxygen atoms in total. The molecule has 0 rings (SSSR count). The zero-order valence-electron chi connectivity index (χ0n) is 5.82. The van der Waals surface area contributed by atoms with Crippen molar-refractivity contribution in [1.82, 2.24) is 4.84 Å². The van der Waals surface area contributed by atoms with E-state index in [0.717, 1.165) is 32.6 Å². The Hall–Kier alpha value is 0.210. The molecular weight excluding hydrogens is 138 g/mol. The van der Waals surface area contributed by atoms with Gasteiger partial charge in [0.2, 0.25) is 0 Å². The molecule has 0 atom stereocenters. The van der Waals surface area contributed by atoms with E-state index >= 15 is 0 Å². The summed E-state index contributed by atoms with van der Waals surface area (Å²) < 4.78 is 5.19. The van der Waals surface area contributed by atoms with E-state index in [1.807, 2.05) is 0 Å². The number of nitrogens with one attached hydrogen (secondary N) is 1. The van der Waals surface area contributed by atoms with Gasteiger partial charge in [0.25, 0.3) is 0 Å². The maximum atomic E-state index is 5.21. The van der Waals surface area contributed by atoms with Gasteiger partial charge in [-0.25, -0.2) is 4.84 Å². The molecule has 3 heteroatoms. The van der Waals surface area contributed by atoms with E-state index in [1.54, 1.807) is 0 Å². The largest absolute Gasteiger partial charge is 0.381 e. The molecule has 0 saturated carbocycles. The number of rotatable bonds is 6. The van der Waals surface area contributed by atoms with Crippen LogP contribution in [0.1, 0.15) is 19.8 Å². The Morgan fingerprint density at radius 1 is 1.44 bits per heavy atom. The van der Waals surface area contributed by atoms with Crippen LogP contribution in [0.5, 0.6) is 0 Å². The topological polar surface area (TPSA) is 21.3 Å². The first-order chi connectivity index (χ1) is 4.41. The summed E-state index contributed by atoms with van der Waals surface area (Å²) >= 11 is 5.21. The molecule has 9 heavy (non-hydrogen) atoms. The molecule has 1 N–H and O–H groups in total. The highest BCUT2D eigenvalue weighted by Crippen LogP contribution is 1.83. The lowest BCUT2D eigenvalue weighted by Crippen LogP contribution is -2.05. The van der Waals surface area contributed by atoms with Crippen LogP contribution in [-0.4, -0.2) is 19.8 Å². The third-order valence-corrected chi connectivity index (χ3v) is 1.10. The van der Waals surface area contributed by atoms with Gasteiger partial charge >= 0.3 is 0 Å². The van der Waals surface area contributed by atoms with Gasteiger partial charge in [-0.2, -0.15) is 0 Å². The number of hydrogen-bond donors (Lipinski definition) is 1. The van der Waals surface area contributed by atoms with E-state index in [4.69, 9.17) is 16.5 Å². The van der Waals surface area contributed by atoms with Crippen molar-refractivity contribution in [3.8, 4) is 0 Å². The molecule has 0 bridgehead atoms. The molecule has 0 saturated heterocycles. The van der Waals surface area contributed by atoms with Crippen molar-refractivity contribution < 1.29 is 4.74 Å². The quantitative estimate of drug-likeness (QED) is 0.460. The first-order valence-corrected chi connectivity index (χ1v) is 3.70. The Morgan fingerprint density at radius 3 is 2.78 bits per heavy atom. The normalized spacial score (nSPS) is 10.0. The smallest absolute Gasteiger partial charge is 0.0478 e. The van der Waals surface area contributed by atoms with Gasteiger partial charge in [-0.15, -0.1) is 0 Å². The van der Waals surface area contributed by atoms with Crippen molar-refractivity contribution in [3.63, 3.8) is 0 Å². The number of halogens is 1. The summed E-state index contributed by atoms with van der Waals surface area (Å²) in [6.45, 7) is 4.60. The van der Waals surface area contributed by atoms with Crippen LogP contribution in [0.3, 0.4) is 0 Å². The highest BCUT2D eigenvalue weighted by molar-refractivity contribution is 6.13. The molecule has 0 aliphatic heterocycles. The Morgan fingerprint density at radius 2 is 2.22 bits per heavy atom. The maximum Gasteiger partial charge on any atom is 0.0478 e. The Bertz CT molecular complexity index is 46.3. The third kappa shape index (κ3) is 8.21. The molecule has 0 heterocycles. The van der Waals surface area contributed by atoms with Gasteiger partial charge < -0.3 is 4.74 Å². The molecule has 0 aromatic rings. The van der Waals surface area contributed by atoms with Crippen LogP contribution in [0.15, 0.2) is 0 Å². The van der Waals surface area contributed by atoms with E-state index in [1.165, 1.54) is 0 Å². The highest BCUT2D eigenvalue weighted by Gasteiger charge is 1.84. The standard InChI is InChI=1S/C6H14ClNO/c1-2-5-9-6-3-4-8-7/h8H,2-6H2,1H3. The van der Waals surface area contributed by atoms with Gasteiger partial charge in [-0.05, 0) is 24.6 Å². The summed E-state index contributed by atoms with van der Waals surface area (Å²) in [5.74, 6) is 0. The first-order valence-electron chi connectivity index (χ1n) is 3.33. The lowest BCUT2D eigenvalue weighted by Gasteiger charge is -1.99. The average molecular weight is 152 g/mol. The minimum absolute atomic E-state index is 0.813. The van der Waals surface area contributed by atoms with Gasteiger partial charge in [0, 0.05) is 19.8 Å². The van der Waals surface area contributed by atoms with Crippen LogP contribution < -0.4 is 4.84 Å². The van der Waals surface area contributed by atoms with Crippen molar-refractivity contribution in [2.24, 2.45) is 0 Å². The van der Waals surface area contributed by atoms with Crippen LogP contribution in [-0.2, 0) is 4.74 Å². The number of hydrogen-bond acceptors (Lipinski definition) is 2. The fourth-order valence-electron chi connectivity index (χ4n) is 0.487. The van der Waals surface area contributed by atoms with Crippen LogP contribution in [0, 0.1) is 0 Å². The van der Waals surface area contributed by atoms with Gasteiger partial charge in [0.1, 0.15) is 0 Å². The van der Waals surface area contributed by atoms with E-state index in [0.29, 0.717) is 0 Å². The Balaban J connectivity index is 2.60. The molecule has 56 valence electrons. The minimum Gasteiger partial charge on any atom is -0.381 e. The Kier molecular flexibility index (Phi) is 8.40. The number of ether oxygens (including phenoxy) is 1. The summed E-state index contributed by atoms with van der Waals surface area (Å²) in [4.78, 5) is 2.54. The van der Waals surface area contributed by atoms with Crippen molar-refractivity contribution in [3.05, 3.63) is 0 Å². The van der Waals surface area contributed by atoms with E-state index in [9.17, 15) is 0 Å². The molecular formula is C6H14ClNO. The second-order valence-corrected chi connectivity index (χ2v) is 2.12. The molecule has 0 radical (unpaired) electrons. The molecule has 0 aliphatic carbocycles. The summed E-state index contributed by atoms with van der Waals surface area (Å²) in [5, 5.41) is 0. The minimum atomic E-state index is 0.813. The fraction of sp³-hybridized carbons (Fsp3) is 1.00. The monoisotopic (exact) mass is 151 g/mol. The lowest BCUT2D eigenvalue weighted by atomic mass is 10.4. The second-order valence-electron chi connectivity index (χ2n) is 1.85. The summed E-state index contributed by atoms with van der Waals surface area (Å²) in [6.07, 6.45) is 2.08. The molecule has 0 aromatic carbocycles. The first kappa shape index (κ1) is 9.21. The zero-order valence-corrected chi connectivity index (χ0v) is 6.58.